The lowest BCUT2D eigenvalue weighted by atomic mass is 10.1. The van der Waals surface area contributed by atoms with E-state index < -0.39 is 0 Å². The summed E-state index contributed by atoms with van der Waals surface area (Å²) in [5, 5.41) is 15.0. The SMILES string of the molecule is CSCC(CCO)NC(=O)NC1CCCCCC1. The van der Waals surface area contributed by atoms with Crippen molar-refractivity contribution in [3.63, 3.8) is 0 Å². The van der Waals surface area contributed by atoms with Crippen LogP contribution >= 0.6 is 11.8 Å². The van der Waals surface area contributed by atoms with Crippen molar-refractivity contribution in [1.29, 1.82) is 0 Å². The lowest BCUT2D eigenvalue weighted by Crippen LogP contribution is -2.47. The largest absolute Gasteiger partial charge is 0.396 e. The standard InChI is InChI=1S/C13H26N2O2S/c1-18-10-12(8-9-16)15-13(17)14-11-6-4-2-3-5-7-11/h11-12,16H,2-10H2,1H3,(H2,14,15,17). The molecule has 0 bridgehead atoms. The van der Waals surface area contributed by atoms with Crippen LogP contribution in [0.15, 0.2) is 0 Å². The molecule has 0 aliphatic heterocycles. The van der Waals surface area contributed by atoms with E-state index in [2.05, 4.69) is 10.6 Å². The monoisotopic (exact) mass is 274 g/mol. The first kappa shape index (κ1) is 15.6. The fourth-order valence-corrected chi connectivity index (χ4v) is 3.04. The summed E-state index contributed by atoms with van der Waals surface area (Å²) in [5.74, 6) is 0.846. The van der Waals surface area contributed by atoms with Crippen LogP contribution in [0.5, 0.6) is 0 Å². The number of hydrogen-bond acceptors (Lipinski definition) is 3. The van der Waals surface area contributed by atoms with Gasteiger partial charge in [0.25, 0.3) is 0 Å². The van der Waals surface area contributed by atoms with Crippen LogP contribution in [-0.4, -0.2) is 41.8 Å². The Balaban J connectivity index is 2.29. The van der Waals surface area contributed by atoms with Gasteiger partial charge in [-0.05, 0) is 25.5 Å². The minimum absolute atomic E-state index is 0.0655. The van der Waals surface area contributed by atoms with Gasteiger partial charge in [-0.3, -0.25) is 0 Å². The van der Waals surface area contributed by atoms with Crippen molar-refractivity contribution in [2.24, 2.45) is 0 Å². The Bertz CT molecular complexity index is 219. The van der Waals surface area contributed by atoms with Gasteiger partial charge in [0, 0.05) is 24.4 Å². The Hall–Kier alpha value is -0.420. The Kier molecular flexibility index (Phi) is 8.25. The highest BCUT2D eigenvalue weighted by atomic mass is 32.2. The van der Waals surface area contributed by atoms with Crippen LogP contribution in [0.4, 0.5) is 4.79 Å². The second-order valence-corrected chi connectivity index (χ2v) is 5.88. The molecular weight excluding hydrogens is 248 g/mol. The van der Waals surface area contributed by atoms with E-state index in [1.165, 1.54) is 25.7 Å². The van der Waals surface area contributed by atoms with Gasteiger partial charge < -0.3 is 15.7 Å². The van der Waals surface area contributed by atoms with Gasteiger partial charge in [0.15, 0.2) is 0 Å². The third-order valence-electron chi connectivity index (χ3n) is 3.37. The molecule has 0 aromatic heterocycles. The molecule has 1 atom stereocenters. The molecule has 0 aromatic rings. The fourth-order valence-electron chi connectivity index (χ4n) is 2.39. The van der Waals surface area contributed by atoms with E-state index in [1.807, 2.05) is 6.26 Å². The molecule has 0 spiro atoms. The highest BCUT2D eigenvalue weighted by Gasteiger charge is 2.16. The number of rotatable bonds is 6. The first-order valence-corrected chi connectivity index (χ1v) is 8.32. The molecule has 2 amide bonds. The summed E-state index contributed by atoms with van der Waals surface area (Å²) < 4.78 is 0. The number of nitrogens with one attached hydrogen (secondary N) is 2. The average molecular weight is 274 g/mol. The summed E-state index contributed by atoms with van der Waals surface area (Å²) in [6.45, 7) is 0.120. The van der Waals surface area contributed by atoms with E-state index in [1.54, 1.807) is 11.8 Å². The zero-order valence-corrected chi connectivity index (χ0v) is 12.1. The van der Waals surface area contributed by atoms with Crippen LogP contribution in [0, 0.1) is 0 Å². The number of aliphatic hydroxyl groups is 1. The molecule has 0 heterocycles. The van der Waals surface area contributed by atoms with E-state index in [9.17, 15) is 4.79 Å². The van der Waals surface area contributed by atoms with Gasteiger partial charge in [0.05, 0.1) is 0 Å². The number of aliphatic hydroxyl groups excluding tert-OH is 1. The van der Waals surface area contributed by atoms with Crippen molar-refractivity contribution < 1.29 is 9.90 Å². The molecular formula is C13H26N2O2S. The van der Waals surface area contributed by atoms with Crippen molar-refractivity contribution in [2.45, 2.75) is 57.0 Å². The highest BCUT2D eigenvalue weighted by Crippen LogP contribution is 2.17. The summed E-state index contributed by atoms with van der Waals surface area (Å²) in [4.78, 5) is 11.9. The Morgan fingerprint density at radius 3 is 2.56 bits per heavy atom. The summed E-state index contributed by atoms with van der Waals surface area (Å²) in [6.07, 6.45) is 9.85. The maximum atomic E-state index is 11.9. The van der Waals surface area contributed by atoms with Crippen molar-refractivity contribution in [2.75, 3.05) is 18.6 Å². The molecule has 1 fully saturated rings. The third kappa shape index (κ3) is 6.50. The molecule has 1 saturated carbocycles. The molecule has 0 radical (unpaired) electrons. The number of carbonyl (C=O) groups excluding carboxylic acids is 1. The molecule has 1 aliphatic carbocycles. The normalized spacial score (nSPS) is 19.0. The van der Waals surface area contributed by atoms with Crippen LogP contribution in [0.2, 0.25) is 0 Å². The first-order chi connectivity index (χ1) is 8.76. The second-order valence-electron chi connectivity index (χ2n) is 4.97. The summed E-state index contributed by atoms with van der Waals surface area (Å²) in [5.41, 5.74) is 0. The zero-order valence-electron chi connectivity index (χ0n) is 11.3. The number of thioether (sulfide) groups is 1. The highest BCUT2D eigenvalue weighted by molar-refractivity contribution is 7.98. The smallest absolute Gasteiger partial charge is 0.315 e. The quantitative estimate of drug-likeness (QED) is 0.650. The molecule has 3 N–H and O–H groups in total. The molecule has 0 aromatic carbocycles. The van der Waals surface area contributed by atoms with Crippen LogP contribution in [0.1, 0.15) is 44.9 Å². The molecule has 4 nitrogen and oxygen atoms in total. The minimum Gasteiger partial charge on any atom is -0.396 e. The topological polar surface area (TPSA) is 61.4 Å². The van der Waals surface area contributed by atoms with Crippen LogP contribution in [0.25, 0.3) is 0 Å². The van der Waals surface area contributed by atoms with Gasteiger partial charge in [-0.2, -0.15) is 11.8 Å². The van der Waals surface area contributed by atoms with Crippen LogP contribution in [-0.2, 0) is 0 Å². The minimum atomic E-state index is -0.0746. The van der Waals surface area contributed by atoms with E-state index in [-0.39, 0.29) is 18.7 Å². The van der Waals surface area contributed by atoms with Gasteiger partial charge in [-0.1, -0.05) is 25.7 Å². The van der Waals surface area contributed by atoms with E-state index >= 15 is 0 Å². The molecule has 1 rings (SSSR count). The lowest BCUT2D eigenvalue weighted by molar-refractivity contribution is 0.226. The van der Waals surface area contributed by atoms with Gasteiger partial charge in [0.1, 0.15) is 0 Å². The van der Waals surface area contributed by atoms with Gasteiger partial charge >= 0.3 is 6.03 Å². The van der Waals surface area contributed by atoms with Crippen molar-refractivity contribution in [3.05, 3.63) is 0 Å². The summed E-state index contributed by atoms with van der Waals surface area (Å²) >= 11 is 1.69. The zero-order chi connectivity index (χ0) is 13.2. The molecule has 1 unspecified atom stereocenters. The maximum absolute atomic E-state index is 11.9. The van der Waals surface area contributed by atoms with Crippen LogP contribution < -0.4 is 10.6 Å². The second kappa shape index (κ2) is 9.50. The summed E-state index contributed by atoms with van der Waals surface area (Å²) in [6, 6.07) is 0.321. The third-order valence-corrected chi connectivity index (χ3v) is 4.11. The number of carbonyl (C=O) groups is 1. The van der Waals surface area contributed by atoms with Crippen molar-refractivity contribution >= 4 is 17.8 Å². The summed E-state index contributed by atoms with van der Waals surface area (Å²) in [7, 11) is 0. The van der Waals surface area contributed by atoms with Crippen LogP contribution in [0.3, 0.4) is 0 Å². The number of urea groups is 1. The first-order valence-electron chi connectivity index (χ1n) is 6.93. The fraction of sp³-hybridized carbons (Fsp3) is 0.923. The number of hydrogen-bond donors (Lipinski definition) is 3. The van der Waals surface area contributed by atoms with E-state index in [0.29, 0.717) is 12.5 Å². The molecule has 106 valence electrons. The molecule has 0 saturated heterocycles. The molecule has 5 heteroatoms. The maximum Gasteiger partial charge on any atom is 0.315 e. The average Bonchev–Trinajstić information content (AvgIpc) is 2.58. The van der Waals surface area contributed by atoms with E-state index in [0.717, 1.165) is 18.6 Å². The van der Waals surface area contributed by atoms with Crippen molar-refractivity contribution in [1.82, 2.24) is 10.6 Å². The Morgan fingerprint density at radius 2 is 2.00 bits per heavy atom. The van der Waals surface area contributed by atoms with Gasteiger partial charge in [-0.15, -0.1) is 0 Å². The predicted molar refractivity (Wildman–Crippen MR) is 77.0 cm³/mol. The Morgan fingerprint density at radius 1 is 1.33 bits per heavy atom. The Labute approximate surface area is 114 Å². The van der Waals surface area contributed by atoms with Crippen molar-refractivity contribution in [3.8, 4) is 0 Å². The van der Waals surface area contributed by atoms with Gasteiger partial charge in [-0.25, -0.2) is 4.79 Å². The lowest BCUT2D eigenvalue weighted by Gasteiger charge is -2.21. The van der Waals surface area contributed by atoms with Gasteiger partial charge in [0.2, 0.25) is 0 Å². The van der Waals surface area contributed by atoms with E-state index in [4.69, 9.17) is 5.11 Å². The molecule has 18 heavy (non-hydrogen) atoms. The number of amides is 2. The molecule has 1 aliphatic rings. The predicted octanol–water partition coefficient (Wildman–Crippen LogP) is 2.12.